The van der Waals surface area contributed by atoms with Crippen LogP contribution in [-0.2, 0) is 22.6 Å². The third kappa shape index (κ3) is 5.22. The van der Waals surface area contributed by atoms with Gasteiger partial charge < -0.3 is 9.47 Å². The third-order valence-electron chi connectivity index (χ3n) is 6.28. The highest BCUT2D eigenvalue weighted by Gasteiger charge is 2.32. The molecule has 5 rings (SSSR count). The van der Waals surface area contributed by atoms with Gasteiger partial charge in [0.05, 0.1) is 19.8 Å². The predicted octanol–water partition coefficient (Wildman–Crippen LogP) is 5.53. The molecule has 2 heterocycles. The van der Waals surface area contributed by atoms with Gasteiger partial charge in [-0.05, 0) is 39.9 Å². The van der Waals surface area contributed by atoms with E-state index < -0.39 is 0 Å². The standard InChI is InChI=1S/C27H27ClN2O3/c28-24-11-9-22(10-12-24)26-19-30(27(31)33-26)17-20-5-7-21(8-6-20)25-4-2-1-3-23(25)18-29-13-15-32-16-14-29/h1-12,26H,13-19H2/t26-/m0/s1. The lowest BCUT2D eigenvalue weighted by molar-refractivity contribution is 0.0342. The molecule has 0 bridgehead atoms. The first-order valence-corrected chi connectivity index (χ1v) is 11.7. The molecule has 3 aromatic carbocycles. The normalized spacial score (nSPS) is 19.0. The van der Waals surface area contributed by atoms with Gasteiger partial charge in [0, 0.05) is 31.2 Å². The van der Waals surface area contributed by atoms with Crippen LogP contribution in [0.1, 0.15) is 22.8 Å². The smallest absolute Gasteiger partial charge is 0.410 e. The Labute approximate surface area is 199 Å². The maximum atomic E-state index is 12.4. The zero-order valence-electron chi connectivity index (χ0n) is 18.5. The lowest BCUT2D eigenvalue weighted by Gasteiger charge is -2.27. The molecule has 2 aliphatic rings. The van der Waals surface area contributed by atoms with Crippen molar-refractivity contribution in [1.29, 1.82) is 0 Å². The second kappa shape index (κ2) is 9.96. The molecule has 1 amide bonds. The van der Waals surface area contributed by atoms with Crippen molar-refractivity contribution in [1.82, 2.24) is 9.80 Å². The molecule has 0 aliphatic carbocycles. The highest BCUT2D eigenvalue weighted by molar-refractivity contribution is 6.30. The minimum atomic E-state index is -0.283. The summed E-state index contributed by atoms with van der Waals surface area (Å²) in [4.78, 5) is 16.6. The van der Waals surface area contributed by atoms with Crippen LogP contribution >= 0.6 is 11.6 Å². The summed E-state index contributed by atoms with van der Waals surface area (Å²) in [6, 6.07) is 24.5. The van der Waals surface area contributed by atoms with Gasteiger partial charge in [0.2, 0.25) is 0 Å². The quantitative estimate of drug-likeness (QED) is 0.483. The number of hydrogen-bond acceptors (Lipinski definition) is 4. The average molecular weight is 463 g/mol. The molecule has 0 radical (unpaired) electrons. The molecule has 0 saturated carbocycles. The van der Waals surface area contributed by atoms with E-state index in [0.717, 1.165) is 44.0 Å². The highest BCUT2D eigenvalue weighted by Crippen LogP contribution is 2.29. The van der Waals surface area contributed by atoms with E-state index >= 15 is 0 Å². The summed E-state index contributed by atoms with van der Waals surface area (Å²) in [5, 5.41) is 0.673. The zero-order chi connectivity index (χ0) is 22.6. The van der Waals surface area contributed by atoms with Crippen LogP contribution in [0.5, 0.6) is 0 Å². The summed E-state index contributed by atoms with van der Waals surface area (Å²) in [5.74, 6) is 0. The number of halogens is 1. The van der Waals surface area contributed by atoms with E-state index in [-0.39, 0.29) is 12.2 Å². The Kier molecular flexibility index (Phi) is 6.63. The van der Waals surface area contributed by atoms with Gasteiger partial charge >= 0.3 is 6.09 Å². The van der Waals surface area contributed by atoms with Crippen LogP contribution < -0.4 is 0 Å². The van der Waals surface area contributed by atoms with Crippen molar-refractivity contribution in [3.05, 3.63) is 94.5 Å². The van der Waals surface area contributed by atoms with Gasteiger partial charge in [-0.3, -0.25) is 9.80 Å². The molecule has 0 spiro atoms. The van der Waals surface area contributed by atoms with E-state index in [1.165, 1.54) is 16.7 Å². The Bertz CT molecular complexity index is 1100. The second-order valence-electron chi connectivity index (χ2n) is 8.55. The summed E-state index contributed by atoms with van der Waals surface area (Å²) in [6.45, 7) is 5.52. The molecule has 33 heavy (non-hydrogen) atoms. The van der Waals surface area contributed by atoms with Gasteiger partial charge in [0.15, 0.2) is 0 Å². The third-order valence-corrected chi connectivity index (χ3v) is 6.53. The van der Waals surface area contributed by atoms with Gasteiger partial charge in [-0.2, -0.15) is 0 Å². The summed E-state index contributed by atoms with van der Waals surface area (Å²) >= 11 is 5.97. The summed E-state index contributed by atoms with van der Waals surface area (Å²) in [5.41, 5.74) is 5.80. The number of morpholine rings is 1. The SMILES string of the molecule is O=C1O[C@H](c2ccc(Cl)cc2)CN1Cc1ccc(-c2ccccc2CN2CCOCC2)cc1. The summed E-state index contributed by atoms with van der Waals surface area (Å²) < 4.78 is 11.1. The number of ether oxygens (including phenoxy) is 2. The maximum Gasteiger partial charge on any atom is 0.410 e. The van der Waals surface area contributed by atoms with Crippen molar-refractivity contribution in [2.24, 2.45) is 0 Å². The van der Waals surface area contributed by atoms with Crippen molar-refractivity contribution < 1.29 is 14.3 Å². The van der Waals surface area contributed by atoms with Crippen molar-refractivity contribution in [2.75, 3.05) is 32.8 Å². The Morgan fingerprint density at radius 3 is 2.36 bits per heavy atom. The Balaban J connectivity index is 1.26. The van der Waals surface area contributed by atoms with E-state index in [9.17, 15) is 4.79 Å². The summed E-state index contributed by atoms with van der Waals surface area (Å²) in [6.07, 6.45) is -0.545. The van der Waals surface area contributed by atoms with Crippen LogP contribution in [0.4, 0.5) is 4.79 Å². The molecule has 2 saturated heterocycles. The molecule has 0 N–H and O–H groups in total. The van der Waals surface area contributed by atoms with Crippen LogP contribution in [0.2, 0.25) is 5.02 Å². The molecular formula is C27H27ClN2O3. The van der Waals surface area contributed by atoms with E-state index in [2.05, 4.69) is 53.4 Å². The molecule has 2 fully saturated rings. The fourth-order valence-corrected chi connectivity index (χ4v) is 4.56. The van der Waals surface area contributed by atoms with Crippen molar-refractivity contribution >= 4 is 17.7 Å². The van der Waals surface area contributed by atoms with Gasteiger partial charge in [-0.15, -0.1) is 0 Å². The molecule has 0 unspecified atom stereocenters. The number of benzene rings is 3. The number of nitrogens with zero attached hydrogens (tertiary/aromatic N) is 2. The second-order valence-corrected chi connectivity index (χ2v) is 8.98. The molecular weight excluding hydrogens is 436 g/mol. The molecule has 2 aliphatic heterocycles. The number of amides is 1. The number of rotatable bonds is 6. The lowest BCUT2D eigenvalue weighted by atomic mass is 9.98. The number of carbonyl (C=O) groups excluding carboxylic acids is 1. The fraction of sp³-hybridized carbons (Fsp3) is 0.296. The van der Waals surface area contributed by atoms with E-state index in [0.29, 0.717) is 18.1 Å². The van der Waals surface area contributed by atoms with Gasteiger partial charge in [0.1, 0.15) is 6.10 Å². The Morgan fingerprint density at radius 2 is 1.61 bits per heavy atom. The molecule has 6 heteroatoms. The van der Waals surface area contributed by atoms with Gasteiger partial charge in [-0.25, -0.2) is 4.79 Å². The van der Waals surface area contributed by atoms with Crippen LogP contribution in [0, 0.1) is 0 Å². The minimum absolute atomic E-state index is 0.263. The Morgan fingerprint density at radius 1 is 0.879 bits per heavy atom. The molecule has 1 atom stereocenters. The Hall–Kier alpha value is -2.86. The van der Waals surface area contributed by atoms with E-state index in [4.69, 9.17) is 21.1 Å². The van der Waals surface area contributed by atoms with Crippen molar-refractivity contribution in [3.8, 4) is 11.1 Å². The summed E-state index contributed by atoms with van der Waals surface area (Å²) in [7, 11) is 0. The first kappa shape index (κ1) is 22.0. The van der Waals surface area contributed by atoms with Crippen LogP contribution in [0.25, 0.3) is 11.1 Å². The van der Waals surface area contributed by atoms with E-state index in [1.54, 1.807) is 4.90 Å². The van der Waals surface area contributed by atoms with Crippen molar-refractivity contribution in [2.45, 2.75) is 19.2 Å². The molecule has 170 valence electrons. The van der Waals surface area contributed by atoms with Crippen LogP contribution in [-0.4, -0.2) is 48.7 Å². The highest BCUT2D eigenvalue weighted by atomic mass is 35.5. The number of hydrogen-bond donors (Lipinski definition) is 0. The number of cyclic esters (lactones) is 1. The minimum Gasteiger partial charge on any atom is -0.439 e. The molecule has 5 nitrogen and oxygen atoms in total. The average Bonchev–Trinajstić information content (AvgIpc) is 3.21. The maximum absolute atomic E-state index is 12.4. The lowest BCUT2D eigenvalue weighted by Crippen LogP contribution is -2.35. The van der Waals surface area contributed by atoms with Gasteiger partial charge in [-0.1, -0.05) is 72.3 Å². The van der Waals surface area contributed by atoms with Crippen molar-refractivity contribution in [3.63, 3.8) is 0 Å². The van der Waals surface area contributed by atoms with E-state index in [1.807, 2.05) is 24.3 Å². The molecule has 3 aromatic rings. The van der Waals surface area contributed by atoms with Crippen LogP contribution in [0.3, 0.4) is 0 Å². The topological polar surface area (TPSA) is 42.0 Å². The number of carbonyl (C=O) groups is 1. The van der Waals surface area contributed by atoms with Crippen LogP contribution in [0.15, 0.2) is 72.8 Å². The first-order chi connectivity index (χ1) is 16.2. The largest absolute Gasteiger partial charge is 0.439 e. The molecule has 0 aromatic heterocycles. The first-order valence-electron chi connectivity index (χ1n) is 11.3. The zero-order valence-corrected chi connectivity index (χ0v) is 19.2. The monoisotopic (exact) mass is 462 g/mol. The van der Waals surface area contributed by atoms with Gasteiger partial charge in [0.25, 0.3) is 0 Å². The predicted molar refractivity (Wildman–Crippen MR) is 129 cm³/mol. The fourth-order valence-electron chi connectivity index (χ4n) is 4.44.